The molecule has 0 aliphatic carbocycles. The molecule has 0 saturated carbocycles. The molecule has 0 unspecified atom stereocenters. The lowest BCUT2D eigenvalue weighted by atomic mass is 10.0. The first-order valence-corrected chi connectivity index (χ1v) is 15.8. The third kappa shape index (κ3) is 7.58. The number of nitrogens with zero attached hydrogens (tertiary/aromatic N) is 8. The van der Waals surface area contributed by atoms with Crippen LogP contribution in [0.4, 0.5) is 14.6 Å². The van der Waals surface area contributed by atoms with Gasteiger partial charge in [-0.1, -0.05) is 30.3 Å². The van der Waals surface area contributed by atoms with Crippen molar-refractivity contribution in [2.75, 3.05) is 57.4 Å². The van der Waals surface area contributed by atoms with Crippen molar-refractivity contribution >= 4 is 85.5 Å². The van der Waals surface area contributed by atoms with Crippen LogP contribution in [0.3, 0.4) is 0 Å². The summed E-state index contributed by atoms with van der Waals surface area (Å²) in [6.45, 7) is 13.8. The number of morpholine rings is 1. The topological polar surface area (TPSA) is 101 Å². The van der Waals surface area contributed by atoms with Gasteiger partial charge < -0.3 is 24.1 Å². The number of benzene rings is 1. The molecule has 7 rings (SSSR count). The minimum absolute atomic E-state index is 0. The molecule has 50 heavy (non-hydrogen) atoms. The Kier molecular flexibility index (Phi) is 13.1. The van der Waals surface area contributed by atoms with Gasteiger partial charge in [0.05, 0.1) is 24.7 Å². The fraction of sp³-hybridized carbons (Fsp3) is 0.394. The number of carbonyl (C=O) groups is 1. The zero-order valence-corrected chi connectivity index (χ0v) is 30.7. The summed E-state index contributed by atoms with van der Waals surface area (Å²) in [6, 6.07) is 5.14. The zero-order chi connectivity index (χ0) is 32.7. The summed E-state index contributed by atoms with van der Waals surface area (Å²) in [5.74, 6) is -2.30. The van der Waals surface area contributed by atoms with Crippen LogP contribution in [-0.2, 0) is 9.53 Å². The Morgan fingerprint density at radius 3 is 2.70 bits per heavy atom. The summed E-state index contributed by atoms with van der Waals surface area (Å²) in [5.41, 5.74) is 0.425. The molecule has 17 heteroatoms. The van der Waals surface area contributed by atoms with Crippen LogP contribution in [0.1, 0.15) is 12.8 Å². The van der Waals surface area contributed by atoms with Gasteiger partial charge in [0.1, 0.15) is 23.1 Å². The van der Waals surface area contributed by atoms with Gasteiger partial charge in [0, 0.05) is 78.7 Å². The number of halogens is 3. The minimum Gasteiger partial charge on any atom is -0.463 e. The lowest BCUT2D eigenvalue weighted by molar-refractivity contribution is -0.131. The van der Waals surface area contributed by atoms with E-state index in [1.807, 2.05) is 11.0 Å². The number of hydrogen-bond donors (Lipinski definition) is 0. The van der Waals surface area contributed by atoms with Crippen LogP contribution >= 0.6 is 52.1 Å². The molecular weight excluding hydrogens is 726 g/mol. The Balaban J connectivity index is 0.00000187. The molecule has 3 atom stereocenters. The summed E-state index contributed by atoms with van der Waals surface area (Å²) in [5, 5.41) is 2.09. The van der Waals surface area contributed by atoms with Crippen LogP contribution in [0.5, 0.6) is 6.01 Å². The van der Waals surface area contributed by atoms with E-state index in [9.17, 15) is 9.18 Å². The van der Waals surface area contributed by atoms with E-state index < -0.39 is 23.6 Å². The summed E-state index contributed by atoms with van der Waals surface area (Å²) in [6.07, 6.45) is 6.74. The van der Waals surface area contributed by atoms with E-state index in [4.69, 9.17) is 27.6 Å². The smallest absolute Gasteiger partial charge is 0.319 e. The van der Waals surface area contributed by atoms with Crippen LogP contribution in [0, 0.1) is 12.4 Å². The molecule has 4 aromatic rings. The van der Waals surface area contributed by atoms with Crippen LogP contribution < -0.4 is 9.64 Å². The van der Waals surface area contributed by atoms with Crippen molar-refractivity contribution in [2.24, 2.45) is 0 Å². The highest BCUT2D eigenvalue weighted by molar-refractivity contribution is 7.59. The second-order valence-electron chi connectivity index (χ2n) is 11.9. The number of rotatable bonds is 9. The number of ether oxygens (including phenoxy) is 2. The molecule has 6 heterocycles. The number of piperazine rings is 1. The standard InChI is InChI=1S/C33H31ClF2N8O3.3H2S/c1-19(35)32(45)44-9-8-43(16-22(44)13-37-2)31-25-15-39-29(24-14-38-12-20-5-3-6-26(34)27(20)24)28(36)30(25)40-33(41-31)46-10-4-7-42-17-23-11-21(42)18-47-23;;;/h3,5-6,12,14-15,21-23H,1,4,7-11,13,16-18H2;3*1H2/t21-,22-,23-;;;/m0.../s1. The quantitative estimate of drug-likeness (QED) is 0.132. The highest BCUT2D eigenvalue weighted by Crippen LogP contribution is 2.37. The summed E-state index contributed by atoms with van der Waals surface area (Å²) in [4.78, 5) is 39.5. The third-order valence-electron chi connectivity index (χ3n) is 9.04. The van der Waals surface area contributed by atoms with E-state index in [2.05, 4.69) is 36.3 Å². The number of pyridine rings is 2. The van der Waals surface area contributed by atoms with Gasteiger partial charge in [0.25, 0.3) is 5.91 Å². The van der Waals surface area contributed by atoms with Crippen molar-refractivity contribution in [3.05, 3.63) is 71.5 Å². The van der Waals surface area contributed by atoms with Gasteiger partial charge in [-0.05, 0) is 18.9 Å². The Bertz CT molecular complexity index is 1930. The molecule has 3 saturated heterocycles. The van der Waals surface area contributed by atoms with Crippen LogP contribution in [0.2, 0.25) is 5.02 Å². The van der Waals surface area contributed by atoms with Gasteiger partial charge in [0.2, 0.25) is 6.54 Å². The van der Waals surface area contributed by atoms with Crippen molar-refractivity contribution in [2.45, 2.75) is 31.0 Å². The van der Waals surface area contributed by atoms with Crippen molar-refractivity contribution in [3.63, 3.8) is 0 Å². The molecule has 266 valence electrons. The van der Waals surface area contributed by atoms with Gasteiger partial charge >= 0.3 is 6.01 Å². The first kappa shape index (κ1) is 39.3. The fourth-order valence-corrected chi connectivity index (χ4v) is 7.08. The molecule has 0 N–H and O–H groups in total. The number of likely N-dealkylation sites (tertiary alicyclic amines) is 1. The van der Waals surface area contributed by atoms with Crippen LogP contribution in [-0.4, -0.2) is 106 Å². The van der Waals surface area contributed by atoms with Crippen molar-refractivity contribution < 1.29 is 23.0 Å². The SMILES string of the molecule is S.S.S.[C-]#[N+]C[C@H]1CN(c2nc(OCCCN3C[C@@H]4C[C@H]3CO4)nc3c(F)c(-c4cncc5cccc(Cl)c45)ncc23)CCN1C(=O)C(=C)F. The van der Waals surface area contributed by atoms with Crippen molar-refractivity contribution in [3.8, 4) is 17.3 Å². The molecule has 3 aromatic heterocycles. The lowest BCUT2D eigenvalue weighted by Gasteiger charge is -2.39. The molecule has 0 spiro atoms. The van der Waals surface area contributed by atoms with Crippen molar-refractivity contribution in [1.82, 2.24) is 29.7 Å². The highest BCUT2D eigenvalue weighted by atomic mass is 35.5. The van der Waals surface area contributed by atoms with E-state index in [1.165, 1.54) is 17.3 Å². The number of carbonyl (C=O) groups excluding carboxylic acids is 1. The number of hydrogen-bond acceptors (Lipinski definition) is 9. The average Bonchev–Trinajstić information content (AvgIpc) is 3.70. The lowest BCUT2D eigenvalue weighted by Crippen LogP contribution is -2.56. The molecule has 2 bridgehead atoms. The van der Waals surface area contributed by atoms with E-state index in [1.54, 1.807) is 18.3 Å². The normalized spacial score (nSPS) is 19.8. The first-order chi connectivity index (χ1) is 22.8. The highest BCUT2D eigenvalue weighted by Gasteiger charge is 2.38. The maximum absolute atomic E-state index is 16.6. The monoisotopic (exact) mass is 762 g/mol. The van der Waals surface area contributed by atoms with Gasteiger partial charge in [-0.3, -0.25) is 19.7 Å². The van der Waals surface area contributed by atoms with Gasteiger partial charge in [-0.2, -0.15) is 50.5 Å². The van der Waals surface area contributed by atoms with Crippen LogP contribution in [0.25, 0.3) is 37.8 Å². The Morgan fingerprint density at radius 1 is 1.16 bits per heavy atom. The molecule has 11 nitrogen and oxygen atoms in total. The van der Waals surface area contributed by atoms with Crippen molar-refractivity contribution in [1.29, 1.82) is 0 Å². The Morgan fingerprint density at radius 2 is 1.98 bits per heavy atom. The molecule has 1 aromatic carbocycles. The fourth-order valence-electron chi connectivity index (χ4n) is 6.80. The first-order valence-electron chi connectivity index (χ1n) is 15.4. The predicted molar refractivity (Wildman–Crippen MR) is 203 cm³/mol. The Hall–Kier alpha value is -3.46. The van der Waals surface area contributed by atoms with E-state index >= 15 is 4.39 Å². The average molecular weight is 763 g/mol. The number of aromatic nitrogens is 4. The third-order valence-corrected chi connectivity index (χ3v) is 9.36. The molecule has 3 aliphatic heterocycles. The van der Waals surface area contributed by atoms with E-state index in [-0.39, 0.29) is 83.9 Å². The second-order valence-corrected chi connectivity index (χ2v) is 12.3. The van der Waals surface area contributed by atoms with Gasteiger partial charge in [-0.15, -0.1) is 0 Å². The second kappa shape index (κ2) is 16.7. The molecule has 3 fully saturated rings. The largest absolute Gasteiger partial charge is 0.463 e. The number of amides is 1. The summed E-state index contributed by atoms with van der Waals surface area (Å²) >= 11 is 6.55. The van der Waals surface area contributed by atoms with Crippen LogP contribution in [0.15, 0.2) is 49.2 Å². The number of anilines is 1. The maximum Gasteiger partial charge on any atom is 0.319 e. The summed E-state index contributed by atoms with van der Waals surface area (Å²) in [7, 11) is 0. The molecule has 3 aliphatic rings. The minimum atomic E-state index is -1.09. The Labute approximate surface area is 314 Å². The molecular formula is C33H37ClF2N8O3S3. The maximum atomic E-state index is 16.6. The zero-order valence-electron chi connectivity index (χ0n) is 26.9. The predicted octanol–water partition coefficient (Wildman–Crippen LogP) is 5.03. The molecule has 0 radical (unpaired) electrons. The molecule has 1 amide bonds. The van der Waals surface area contributed by atoms with Gasteiger partial charge in [0.15, 0.2) is 11.6 Å². The number of fused-ring (bicyclic) bond motifs is 4. The van der Waals surface area contributed by atoms with Gasteiger partial charge in [-0.25, -0.2) is 15.4 Å². The van der Waals surface area contributed by atoms with E-state index in [0.29, 0.717) is 52.3 Å². The summed E-state index contributed by atoms with van der Waals surface area (Å²) < 4.78 is 42.2. The van der Waals surface area contributed by atoms with E-state index in [0.717, 1.165) is 31.5 Å².